The molecule has 1 aliphatic heterocycles. The van der Waals surface area contributed by atoms with Crippen molar-refractivity contribution in [3.63, 3.8) is 0 Å². The Bertz CT molecular complexity index is 210. The van der Waals surface area contributed by atoms with E-state index in [-0.39, 0.29) is 0 Å². The molecule has 0 bridgehead atoms. The second-order valence-electron chi connectivity index (χ2n) is 5.14. The summed E-state index contributed by atoms with van der Waals surface area (Å²) in [5, 5.41) is 3.40. The normalized spacial score (nSPS) is 43.4. The molecule has 15 heavy (non-hydrogen) atoms. The predicted octanol–water partition coefficient (Wildman–Crippen LogP) is 1.24. The van der Waals surface area contributed by atoms with Crippen LogP contribution in [0.2, 0.25) is 0 Å². The first-order chi connectivity index (χ1) is 7.20. The van der Waals surface area contributed by atoms with Crippen LogP contribution in [0.1, 0.15) is 33.1 Å². The van der Waals surface area contributed by atoms with E-state index in [0.29, 0.717) is 12.1 Å². The van der Waals surface area contributed by atoms with Crippen LogP contribution < -0.4 is 5.32 Å². The molecule has 1 saturated carbocycles. The number of nitrogens with zero attached hydrogens (tertiary/aromatic N) is 1. The summed E-state index contributed by atoms with van der Waals surface area (Å²) in [6.07, 6.45) is 4.41. The minimum Gasteiger partial charge on any atom is -0.376 e. The van der Waals surface area contributed by atoms with Crippen molar-refractivity contribution >= 4 is 0 Å². The summed E-state index contributed by atoms with van der Waals surface area (Å²) in [6, 6.07) is 2.12. The lowest BCUT2D eigenvalue weighted by Gasteiger charge is -2.40. The molecule has 2 aliphatic rings. The van der Waals surface area contributed by atoms with Crippen LogP contribution in [-0.2, 0) is 4.74 Å². The van der Waals surface area contributed by atoms with Gasteiger partial charge in [-0.25, -0.2) is 0 Å². The molecule has 0 aromatic heterocycles. The molecule has 0 aromatic carbocycles. The zero-order valence-electron chi connectivity index (χ0n) is 10.2. The molecule has 4 unspecified atom stereocenters. The summed E-state index contributed by atoms with van der Waals surface area (Å²) in [4.78, 5) is 2.66. The van der Waals surface area contributed by atoms with E-state index < -0.39 is 0 Å². The highest BCUT2D eigenvalue weighted by Gasteiger charge is 2.34. The Labute approximate surface area is 93.2 Å². The quantitative estimate of drug-likeness (QED) is 0.745. The monoisotopic (exact) mass is 212 g/mol. The van der Waals surface area contributed by atoms with Crippen LogP contribution >= 0.6 is 0 Å². The highest BCUT2D eigenvalue weighted by Crippen LogP contribution is 2.27. The molecule has 0 spiro atoms. The van der Waals surface area contributed by atoms with Crippen molar-refractivity contribution < 1.29 is 4.74 Å². The third-order valence-electron chi connectivity index (χ3n) is 3.94. The van der Waals surface area contributed by atoms with Gasteiger partial charge in [0.1, 0.15) is 0 Å². The van der Waals surface area contributed by atoms with Crippen LogP contribution in [0.15, 0.2) is 0 Å². The predicted molar refractivity (Wildman–Crippen MR) is 62.1 cm³/mol. The maximum Gasteiger partial charge on any atom is 0.0674 e. The van der Waals surface area contributed by atoms with Gasteiger partial charge in [0.05, 0.1) is 12.7 Å². The van der Waals surface area contributed by atoms with Gasteiger partial charge in [0.2, 0.25) is 0 Å². The summed E-state index contributed by atoms with van der Waals surface area (Å²) in [5.74, 6) is 0. The number of hydrogen-bond donors (Lipinski definition) is 1. The Kier molecular flexibility index (Phi) is 3.65. The fraction of sp³-hybridized carbons (Fsp3) is 1.00. The summed E-state index contributed by atoms with van der Waals surface area (Å²) in [5.41, 5.74) is 0. The Balaban J connectivity index is 1.91. The van der Waals surface area contributed by atoms with Gasteiger partial charge in [-0.3, -0.25) is 4.90 Å². The van der Waals surface area contributed by atoms with Crippen molar-refractivity contribution in [1.29, 1.82) is 0 Å². The summed E-state index contributed by atoms with van der Waals surface area (Å²) < 4.78 is 5.68. The van der Waals surface area contributed by atoms with Gasteiger partial charge in [0, 0.05) is 24.7 Å². The lowest BCUT2D eigenvalue weighted by atomic mass is 10.1. The summed E-state index contributed by atoms with van der Waals surface area (Å²) in [7, 11) is 2.08. The molecule has 0 radical (unpaired) electrons. The average molecular weight is 212 g/mol. The standard InChI is InChI=1S/C12H24N2O/c1-9-8-15-10(2)7-14(9)12-5-4-11(6-12)13-3/h9-13H,4-8H2,1-3H3. The first-order valence-corrected chi connectivity index (χ1v) is 6.25. The van der Waals surface area contributed by atoms with Crippen molar-refractivity contribution in [3.05, 3.63) is 0 Å². The third kappa shape index (κ3) is 2.52. The maximum atomic E-state index is 5.68. The van der Waals surface area contributed by atoms with Crippen LogP contribution in [0, 0.1) is 0 Å². The third-order valence-corrected chi connectivity index (χ3v) is 3.94. The van der Waals surface area contributed by atoms with Crippen molar-refractivity contribution in [2.24, 2.45) is 0 Å². The van der Waals surface area contributed by atoms with Crippen molar-refractivity contribution in [2.75, 3.05) is 20.2 Å². The molecule has 88 valence electrons. The van der Waals surface area contributed by atoms with Crippen molar-refractivity contribution in [3.8, 4) is 0 Å². The Hall–Kier alpha value is -0.120. The molecule has 0 amide bonds. The van der Waals surface area contributed by atoms with Crippen LogP contribution in [-0.4, -0.2) is 49.3 Å². The van der Waals surface area contributed by atoms with Gasteiger partial charge >= 0.3 is 0 Å². The van der Waals surface area contributed by atoms with Crippen molar-refractivity contribution in [1.82, 2.24) is 10.2 Å². The molecule has 1 N–H and O–H groups in total. The van der Waals surface area contributed by atoms with E-state index in [0.717, 1.165) is 25.2 Å². The SMILES string of the molecule is CNC1CCC(N2CC(C)OCC2C)C1. The lowest BCUT2D eigenvalue weighted by Crippen LogP contribution is -2.51. The smallest absolute Gasteiger partial charge is 0.0674 e. The Morgan fingerprint density at radius 2 is 2.07 bits per heavy atom. The van der Waals surface area contributed by atoms with Gasteiger partial charge in [-0.05, 0) is 40.2 Å². The highest BCUT2D eigenvalue weighted by molar-refractivity contribution is 4.90. The van der Waals surface area contributed by atoms with E-state index in [9.17, 15) is 0 Å². The number of hydrogen-bond acceptors (Lipinski definition) is 3. The Morgan fingerprint density at radius 3 is 2.73 bits per heavy atom. The number of morpholine rings is 1. The molecule has 3 nitrogen and oxygen atoms in total. The molecule has 2 rings (SSSR count). The van der Waals surface area contributed by atoms with E-state index in [1.165, 1.54) is 19.3 Å². The van der Waals surface area contributed by atoms with Gasteiger partial charge in [0.15, 0.2) is 0 Å². The molecule has 4 atom stereocenters. The Morgan fingerprint density at radius 1 is 1.27 bits per heavy atom. The highest BCUT2D eigenvalue weighted by atomic mass is 16.5. The second-order valence-corrected chi connectivity index (χ2v) is 5.14. The van der Waals surface area contributed by atoms with E-state index >= 15 is 0 Å². The van der Waals surface area contributed by atoms with E-state index in [2.05, 4.69) is 31.1 Å². The minimum atomic E-state index is 0.412. The van der Waals surface area contributed by atoms with Gasteiger partial charge in [-0.1, -0.05) is 0 Å². The number of rotatable bonds is 2. The first-order valence-electron chi connectivity index (χ1n) is 6.25. The zero-order valence-corrected chi connectivity index (χ0v) is 10.2. The summed E-state index contributed by atoms with van der Waals surface area (Å²) in [6.45, 7) is 6.49. The number of nitrogens with one attached hydrogen (secondary N) is 1. The molecule has 2 fully saturated rings. The largest absolute Gasteiger partial charge is 0.376 e. The molecule has 3 heteroatoms. The molecule has 1 aliphatic carbocycles. The van der Waals surface area contributed by atoms with E-state index in [1.807, 2.05) is 0 Å². The summed E-state index contributed by atoms with van der Waals surface area (Å²) >= 11 is 0. The average Bonchev–Trinajstić information content (AvgIpc) is 2.70. The minimum absolute atomic E-state index is 0.412. The van der Waals surface area contributed by atoms with Gasteiger partial charge < -0.3 is 10.1 Å². The first kappa shape index (κ1) is 11.4. The maximum absolute atomic E-state index is 5.68. The van der Waals surface area contributed by atoms with Gasteiger partial charge in [0.25, 0.3) is 0 Å². The van der Waals surface area contributed by atoms with Gasteiger partial charge in [-0.2, -0.15) is 0 Å². The van der Waals surface area contributed by atoms with Gasteiger partial charge in [-0.15, -0.1) is 0 Å². The van der Waals surface area contributed by atoms with Crippen molar-refractivity contribution in [2.45, 2.75) is 57.3 Å². The van der Waals surface area contributed by atoms with E-state index in [4.69, 9.17) is 4.74 Å². The fourth-order valence-corrected chi connectivity index (χ4v) is 2.96. The van der Waals surface area contributed by atoms with Crippen LogP contribution in [0.4, 0.5) is 0 Å². The topological polar surface area (TPSA) is 24.5 Å². The molecule has 0 aromatic rings. The van der Waals surface area contributed by atoms with Crippen LogP contribution in [0.3, 0.4) is 0 Å². The number of ether oxygens (including phenoxy) is 1. The van der Waals surface area contributed by atoms with E-state index in [1.54, 1.807) is 0 Å². The molecular formula is C12H24N2O. The fourth-order valence-electron chi connectivity index (χ4n) is 2.96. The lowest BCUT2D eigenvalue weighted by molar-refractivity contribution is -0.0651. The zero-order chi connectivity index (χ0) is 10.8. The van der Waals surface area contributed by atoms with Crippen LogP contribution in [0.25, 0.3) is 0 Å². The second kappa shape index (κ2) is 4.81. The molecule has 1 saturated heterocycles. The molecule has 1 heterocycles. The van der Waals surface area contributed by atoms with Crippen LogP contribution in [0.5, 0.6) is 0 Å². The molecular weight excluding hydrogens is 188 g/mol.